The number of pyridine rings is 1. The molecule has 0 radical (unpaired) electrons. The van der Waals surface area contributed by atoms with Crippen molar-refractivity contribution >= 4 is 44.1 Å². The van der Waals surface area contributed by atoms with Crippen LogP contribution < -0.4 is 5.56 Å². The third-order valence-corrected chi connectivity index (χ3v) is 7.44. The number of halogens is 1. The van der Waals surface area contributed by atoms with Gasteiger partial charge in [0, 0.05) is 34.9 Å². The molecule has 1 fully saturated rings. The first-order valence-corrected chi connectivity index (χ1v) is 12.3. The highest BCUT2D eigenvalue weighted by Crippen LogP contribution is 2.32. The predicted octanol–water partition coefficient (Wildman–Crippen LogP) is 5.15. The van der Waals surface area contributed by atoms with Crippen molar-refractivity contribution < 1.29 is 4.74 Å². The fourth-order valence-corrected chi connectivity index (χ4v) is 5.49. The van der Waals surface area contributed by atoms with Gasteiger partial charge in [-0.25, -0.2) is 4.98 Å². The molecule has 8 heteroatoms. The quantitative estimate of drug-likeness (QED) is 0.350. The van der Waals surface area contributed by atoms with E-state index < -0.39 is 0 Å². The van der Waals surface area contributed by atoms with Crippen LogP contribution in [0.4, 0.5) is 0 Å². The van der Waals surface area contributed by atoms with Crippen LogP contribution in [-0.2, 0) is 11.3 Å². The highest BCUT2D eigenvalue weighted by molar-refractivity contribution is 7.22. The van der Waals surface area contributed by atoms with Crippen molar-refractivity contribution in [2.24, 2.45) is 0 Å². The summed E-state index contributed by atoms with van der Waals surface area (Å²) in [6.07, 6.45) is 1.60. The van der Waals surface area contributed by atoms with Crippen LogP contribution in [-0.4, -0.2) is 45.7 Å². The van der Waals surface area contributed by atoms with E-state index in [-0.39, 0.29) is 5.56 Å². The molecular weight excluding hydrogens is 468 g/mol. The van der Waals surface area contributed by atoms with Crippen LogP contribution in [0.3, 0.4) is 0 Å². The molecule has 0 saturated carbocycles. The van der Waals surface area contributed by atoms with Crippen LogP contribution >= 0.6 is 22.9 Å². The standard InChI is InChI=1S/C26H21ClN4O2S/c27-19-3-1-2-18(12-19)24-14-23-25(34-24)26(32)31(16-28-23)21-6-7-22-17(13-21)4-5-20(29-22)15-30-8-10-33-11-9-30/h1-7,12-14,16H,8-11,15H2. The fourth-order valence-electron chi connectivity index (χ4n) is 4.26. The van der Waals surface area contributed by atoms with Crippen molar-refractivity contribution in [1.29, 1.82) is 0 Å². The van der Waals surface area contributed by atoms with Gasteiger partial charge in [-0.2, -0.15) is 0 Å². The van der Waals surface area contributed by atoms with Crippen LogP contribution in [0.1, 0.15) is 5.69 Å². The van der Waals surface area contributed by atoms with Crippen LogP contribution in [0.5, 0.6) is 0 Å². The van der Waals surface area contributed by atoms with Crippen molar-refractivity contribution in [3.05, 3.63) is 88.1 Å². The summed E-state index contributed by atoms with van der Waals surface area (Å²) in [6.45, 7) is 4.22. The van der Waals surface area contributed by atoms with Crippen LogP contribution in [0.25, 0.3) is 37.2 Å². The third-order valence-electron chi connectivity index (χ3n) is 6.04. The van der Waals surface area contributed by atoms with Gasteiger partial charge < -0.3 is 4.74 Å². The summed E-state index contributed by atoms with van der Waals surface area (Å²) in [6, 6.07) is 19.6. The van der Waals surface area contributed by atoms with E-state index in [4.69, 9.17) is 21.3 Å². The maximum absolute atomic E-state index is 13.3. The average molecular weight is 489 g/mol. The highest BCUT2D eigenvalue weighted by Gasteiger charge is 2.14. The molecule has 0 aliphatic carbocycles. The number of aromatic nitrogens is 3. The van der Waals surface area contributed by atoms with Gasteiger partial charge in [-0.1, -0.05) is 29.8 Å². The Morgan fingerprint density at radius 2 is 1.88 bits per heavy atom. The molecule has 4 heterocycles. The second-order valence-corrected chi connectivity index (χ2v) is 9.81. The predicted molar refractivity (Wildman–Crippen MR) is 137 cm³/mol. The summed E-state index contributed by atoms with van der Waals surface area (Å²) in [4.78, 5) is 26.0. The second-order valence-electron chi connectivity index (χ2n) is 8.32. The zero-order chi connectivity index (χ0) is 23.1. The Labute approximate surface area is 205 Å². The minimum atomic E-state index is -0.0838. The van der Waals surface area contributed by atoms with Crippen LogP contribution in [0, 0.1) is 0 Å². The first kappa shape index (κ1) is 21.4. The lowest BCUT2D eigenvalue weighted by Crippen LogP contribution is -2.35. The molecule has 1 aliphatic rings. The van der Waals surface area contributed by atoms with E-state index in [1.165, 1.54) is 11.3 Å². The van der Waals surface area contributed by atoms with Crippen LogP contribution in [0.2, 0.25) is 5.02 Å². The first-order chi connectivity index (χ1) is 16.6. The molecule has 0 amide bonds. The van der Waals surface area contributed by atoms with E-state index in [1.807, 2.05) is 48.5 Å². The van der Waals surface area contributed by atoms with Crippen LogP contribution in [0.15, 0.2) is 71.8 Å². The molecule has 34 heavy (non-hydrogen) atoms. The number of morpholine rings is 1. The summed E-state index contributed by atoms with van der Waals surface area (Å²) in [7, 11) is 0. The summed E-state index contributed by atoms with van der Waals surface area (Å²) in [5, 5.41) is 1.65. The van der Waals surface area contributed by atoms with E-state index in [0.29, 0.717) is 15.2 Å². The molecule has 3 aromatic heterocycles. The SMILES string of the molecule is O=c1c2sc(-c3cccc(Cl)c3)cc2ncn1-c1ccc2nc(CN3CCOCC3)ccc2c1. The van der Waals surface area contributed by atoms with E-state index in [1.54, 1.807) is 10.9 Å². The van der Waals surface area contributed by atoms with Crippen molar-refractivity contribution in [3.8, 4) is 16.1 Å². The van der Waals surface area contributed by atoms with Gasteiger partial charge in [0.15, 0.2) is 0 Å². The van der Waals surface area contributed by atoms with Gasteiger partial charge in [0.25, 0.3) is 5.56 Å². The number of benzene rings is 2. The Morgan fingerprint density at radius 1 is 1.00 bits per heavy atom. The van der Waals surface area contributed by atoms with Gasteiger partial charge in [-0.3, -0.25) is 19.2 Å². The van der Waals surface area contributed by atoms with E-state index in [0.717, 1.165) is 65.6 Å². The van der Waals surface area contributed by atoms with Gasteiger partial charge in [0.1, 0.15) is 11.0 Å². The van der Waals surface area contributed by atoms with Gasteiger partial charge in [-0.15, -0.1) is 11.3 Å². The van der Waals surface area contributed by atoms with E-state index in [9.17, 15) is 4.79 Å². The molecule has 0 bridgehead atoms. The average Bonchev–Trinajstić information content (AvgIpc) is 3.30. The minimum absolute atomic E-state index is 0.0838. The summed E-state index contributed by atoms with van der Waals surface area (Å²) >= 11 is 7.58. The van der Waals surface area contributed by atoms with Crippen molar-refractivity contribution in [2.45, 2.75) is 6.54 Å². The van der Waals surface area contributed by atoms with E-state index >= 15 is 0 Å². The molecule has 0 spiro atoms. The zero-order valence-corrected chi connectivity index (χ0v) is 19.9. The molecular formula is C26H21ClN4O2S. The number of rotatable bonds is 4. The Hall–Kier alpha value is -3.10. The molecule has 5 aromatic rings. The van der Waals surface area contributed by atoms with Crippen molar-refractivity contribution in [2.75, 3.05) is 26.3 Å². The molecule has 0 unspecified atom stereocenters. The molecule has 0 atom stereocenters. The fraction of sp³-hybridized carbons (Fsp3) is 0.192. The van der Waals surface area contributed by atoms with Gasteiger partial charge >= 0.3 is 0 Å². The maximum atomic E-state index is 13.3. The summed E-state index contributed by atoms with van der Waals surface area (Å²) in [5.74, 6) is 0. The smallest absolute Gasteiger partial charge is 0.275 e. The normalized spacial score (nSPS) is 14.7. The Balaban J connectivity index is 1.33. The number of hydrogen-bond donors (Lipinski definition) is 0. The summed E-state index contributed by atoms with van der Waals surface area (Å²) in [5.41, 5.74) is 4.31. The Morgan fingerprint density at radius 3 is 2.74 bits per heavy atom. The van der Waals surface area contributed by atoms with Crippen molar-refractivity contribution in [1.82, 2.24) is 19.4 Å². The number of ether oxygens (including phenoxy) is 1. The molecule has 1 aliphatic heterocycles. The second kappa shape index (κ2) is 8.92. The molecule has 1 saturated heterocycles. The lowest BCUT2D eigenvalue weighted by Gasteiger charge is -2.26. The van der Waals surface area contributed by atoms with Gasteiger partial charge in [-0.05, 0) is 48.0 Å². The minimum Gasteiger partial charge on any atom is -0.379 e. The lowest BCUT2D eigenvalue weighted by atomic mass is 10.1. The van der Waals surface area contributed by atoms with Gasteiger partial charge in [0.2, 0.25) is 0 Å². The Kier molecular flexibility index (Phi) is 5.63. The number of hydrogen-bond acceptors (Lipinski definition) is 6. The molecule has 170 valence electrons. The lowest BCUT2D eigenvalue weighted by molar-refractivity contribution is 0.0337. The monoisotopic (exact) mass is 488 g/mol. The molecule has 6 nitrogen and oxygen atoms in total. The molecule has 2 aromatic carbocycles. The molecule has 0 N–H and O–H groups in total. The van der Waals surface area contributed by atoms with Gasteiger partial charge in [0.05, 0.1) is 35.6 Å². The van der Waals surface area contributed by atoms with E-state index in [2.05, 4.69) is 22.0 Å². The molecule has 6 rings (SSSR count). The number of fused-ring (bicyclic) bond motifs is 2. The summed E-state index contributed by atoms with van der Waals surface area (Å²) < 4.78 is 7.65. The largest absolute Gasteiger partial charge is 0.379 e. The number of nitrogens with zero attached hydrogens (tertiary/aromatic N) is 4. The highest BCUT2D eigenvalue weighted by atomic mass is 35.5. The maximum Gasteiger partial charge on any atom is 0.275 e. The topological polar surface area (TPSA) is 60.2 Å². The Bertz CT molecular complexity index is 1570. The number of thiophene rings is 1. The first-order valence-electron chi connectivity index (χ1n) is 11.1. The third kappa shape index (κ3) is 4.12. The van der Waals surface area contributed by atoms with Crippen molar-refractivity contribution in [3.63, 3.8) is 0 Å². The zero-order valence-electron chi connectivity index (χ0n) is 18.3.